The molecular formula is C25H33N3O3. The number of ether oxygens (including phenoxy) is 1. The van der Waals surface area contributed by atoms with Gasteiger partial charge in [0, 0.05) is 43.5 Å². The van der Waals surface area contributed by atoms with Gasteiger partial charge in [0.25, 0.3) is 5.91 Å². The second-order valence-electron chi connectivity index (χ2n) is 8.75. The van der Waals surface area contributed by atoms with Crippen molar-refractivity contribution in [1.82, 2.24) is 14.4 Å². The van der Waals surface area contributed by atoms with Crippen LogP contribution in [0.25, 0.3) is 0 Å². The molecule has 6 nitrogen and oxygen atoms in total. The Hall–Kier alpha value is -2.60. The molecule has 2 amide bonds. The Bertz CT molecular complexity index is 923. The van der Waals surface area contributed by atoms with Gasteiger partial charge < -0.3 is 19.1 Å². The molecule has 2 aliphatic rings. The van der Waals surface area contributed by atoms with E-state index in [1.165, 1.54) is 5.56 Å². The van der Waals surface area contributed by atoms with Crippen molar-refractivity contribution in [3.8, 4) is 0 Å². The summed E-state index contributed by atoms with van der Waals surface area (Å²) in [6, 6.07) is 12.6. The molecular weight excluding hydrogens is 390 g/mol. The highest BCUT2D eigenvalue weighted by Crippen LogP contribution is 2.28. The Labute approximate surface area is 184 Å². The second-order valence-corrected chi connectivity index (χ2v) is 8.75. The molecule has 2 fully saturated rings. The third-order valence-corrected chi connectivity index (χ3v) is 6.84. The van der Waals surface area contributed by atoms with Crippen molar-refractivity contribution >= 4 is 11.8 Å². The van der Waals surface area contributed by atoms with Gasteiger partial charge in [-0.05, 0) is 45.2 Å². The van der Waals surface area contributed by atoms with E-state index < -0.39 is 0 Å². The molecule has 1 atom stereocenters. The molecule has 1 aromatic carbocycles. The van der Waals surface area contributed by atoms with Crippen LogP contribution in [-0.4, -0.2) is 65.6 Å². The van der Waals surface area contributed by atoms with E-state index in [-0.39, 0.29) is 23.8 Å². The molecule has 1 aromatic heterocycles. The molecule has 0 radical (unpaired) electrons. The topological polar surface area (TPSA) is 54.8 Å². The molecule has 31 heavy (non-hydrogen) atoms. The molecule has 0 spiro atoms. The summed E-state index contributed by atoms with van der Waals surface area (Å²) < 4.78 is 7.60. The molecule has 0 bridgehead atoms. The first-order chi connectivity index (χ1) is 15.0. The summed E-state index contributed by atoms with van der Waals surface area (Å²) in [6.45, 7) is 10.2. The maximum Gasteiger partial charge on any atom is 0.255 e. The van der Waals surface area contributed by atoms with Gasteiger partial charge in [-0.1, -0.05) is 30.3 Å². The fourth-order valence-electron chi connectivity index (χ4n) is 5.01. The smallest absolute Gasteiger partial charge is 0.255 e. The monoisotopic (exact) mass is 423 g/mol. The Morgan fingerprint density at radius 1 is 0.968 bits per heavy atom. The number of carbonyl (C=O) groups excluding carboxylic acids is 2. The van der Waals surface area contributed by atoms with Gasteiger partial charge in [-0.15, -0.1) is 0 Å². The molecule has 1 unspecified atom stereocenters. The standard InChI is InChI=1S/C25H33N3O3/c1-18-17-23(20(3)28(18)19(2)21-7-5-4-6-8-21)25(30)26-11-9-22(10-12-26)24(29)27-13-15-31-16-14-27/h4-8,17,19,22H,9-16H2,1-3H3. The van der Waals surface area contributed by atoms with Crippen LogP contribution in [0.15, 0.2) is 36.4 Å². The van der Waals surface area contributed by atoms with Crippen molar-refractivity contribution in [2.24, 2.45) is 5.92 Å². The Kier molecular flexibility index (Phi) is 6.46. The van der Waals surface area contributed by atoms with Gasteiger partial charge in [0.15, 0.2) is 0 Å². The lowest BCUT2D eigenvalue weighted by Crippen LogP contribution is -2.47. The lowest BCUT2D eigenvalue weighted by molar-refractivity contribution is -0.141. The van der Waals surface area contributed by atoms with E-state index >= 15 is 0 Å². The van der Waals surface area contributed by atoms with Crippen molar-refractivity contribution in [1.29, 1.82) is 0 Å². The van der Waals surface area contributed by atoms with Crippen molar-refractivity contribution in [2.45, 2.75) is 39.7 Å². The van der Waals surface area contributed by atoms with Gasteiger partial charge in [0.05, 0.1) is 24.8 Å². The van der Waals surface area contributed by atoms with Gasteiger partial charge >= 0.3 is 0 Å². The molecule has 2 aliphatic heterocycles. The van der Waals surface area contributed by atoms with Crippen LogP contribution in [0.3, 0.4) is 0 Å². The minimum Gasteiger partial charge on any atom is -0.378 e. The van der Waals surface area contributed by atoms with Crippen LogP contribution in [0.1, 0.15) is 53.1 Å². The van der Waals surface area contributed by atoms with Gasteiger partial charge in [-0.2, -0.15) is 0 Å². The van der Waals surface area contributed by atoms with E-state index in [4.69, 9.17) is 4.74 Å². The highest BCUT2D eigenvalue weighted by atomic mass is 16.5. The summed E-state index contributed by atoms with van der Waals surface area (Å²) in [5, 5.41) is 0. The van der Waals surface area contributed by atoms with Crippen molar-refractivity contribution in [3.05, 3.63) is 58.9 Å². The first-order valence-corrected chi connectivity index (χ1v) is 11.4. The molecule has 2 aromatic rings. The molecule has 4 rings (SSSR count). The summed E-state index contributed by atoms with van der Waals surface area (Å²) in [6.07, 6.45) is 1.47. The maximum atomic E-state index is 13.3. The summed E-state index contributed by atoms with van der Waals surface area (Å²) in [7, 11) is 0. The number of piperidine rings is 1. The number of rotatable bonds is 4. The molecule has 3 heterocycles. The fraction of sp³-hybridized carbons (Fsp3) is 0.520. The van der Waals surface area contributed by atoms with E-state index in [1.54, 1.807) is 0 Å². The van der Waals surface area contributed by atoms with Crippen LogP contribution in [-0.2, 0) is 9.53 Å². The number of amides is 2. The van der Waals surface area contributed by atoms with Crippen LogP contribution < -0.4 is 0 Å². The predicted molar refractivity (Wildman–Crippen MR) is 120 cm³/mol. The number of hydrogen-bond acceptors (Lipinski definition) is 3. The number of aryl methyl sites for hydroxylation is 1. The molecule has 2 saturated heterocycles. The first-order valence-electron chi connectivity index (χ1n) is 11.4. The van der Waals surface area contributed by atoms with E-state index in [2.05, 4.69) is 42.7 Å². The molecule has 0 N–H and O–H groups in total. The van der Waals surface area contributed by atoms with E-state index in [0.717, 1.165) is 29.8 Å². The zero-order valence-electron chi connectivity index (χ0n) is 18.8. The lowest BCUT2D eigenvalue weighted by Gasteiger charge is -2.35. The summed E-state index contributed by atoms with van der Waals surface area (Å²) >= 11 is 0. The SMILES string of the molecule is Cc1cc(C(=O)N2CCC(C(=O)N3CCOCC3)CC2)c(C)n1C(C)c1ccccc1. The summed E-state index contributed by atoms with van der Waals surface area (Å²) in [4.78, 5) is 29.9. The average molecular weight is 424 g/mol. The molecule has 0 aliphatic carbocycles. The number of nitrogens with zero attached hydrogens (tertiary/aromatic N) is 3. The summed E-state index contributed by atoms with van der Waals surface area (Å²) in [5.41, 5.74) is 4.10. The minimum atomic E-state index is 0.0210. The highest BCUT2D eigenvalue weighted by Gasteiger charge is 2.32. The van der Waals surface area contributed by atoms with Crippen LogP contribution in [0.2, 0.25) is 0 Å². The van der Waals surface area contributed by atoms with Crippen LogP contribution in [0, 0.1) is 19.8 Å². The van der Waals surface area contributed by atoms with Crippen LogP contribution in [0.4, 0.5) is 0 Å². The third kappa shape index (κ3) is 4.40. The largest absolute Gasteiger partial charge is 0.378 e. The number of benzene rings is 1. The quantitative estimate of drug-likeness (QED) is 0.757. The predicted octanol–water partition coefficient (Wildman–Crippen LogP) is 3.43. The molecule has 166 valence electrons. The zero-order chi connectivity index (χ0) is 22.0. The van der Waals surface area contributed by atoms with Crippen molar-refractivity contribution in [3.63, 3.8) is 0 Å². The normalized spacial score (nSPS) is 18.8. The molecule has 6 heteroatoms. The number of morpholine rings is 1. The fourth-order valence-corrected chi connectivity index (χ4v) is 5.01. The van der Waals surface area contributed by atoms with Crippen molar-refractivity contribution in [2.75, 3.05) is 39.4 Å². The number of carbonyl (C=O) groups is 2. The lowest BCUT2D eigenvalue weighted by atomic mass is 9.94. The van der Waals surface area contributed by atoms with Crippen molar-refractivity contribution < 1.29 is 14.3 Å². The number of aromatic nitrogens is 1. The van der Waals surface area contributed by atoms with Gasteiger partial charge in [-0.25, -0.2) is 0 Å². The van der Waals surface area contributed by atoms with Gasteiger partial charge in [0.1, 0.15) is 0 Å². The Morgan fingerprint density at radius 3 is 2.26 bits per heavy atom. The zero-order valence-corrected chi connectivity index (χ0v) is 18.8. The van der Waals surface area contributed by atoms with E-state index in [9.17, 15) is 9.59 Å². The summed E-state index contributed by atoms with van der Waals surface area (Å²) in [5.74, 6) is 0.329. The maximum absolute atomic E-state index is 13.3. The Balaban J connectivity index is 1.43. The Morgan fingerprint density at radius 2 is 1.61 bits per heavy atom. The van der Waals surface area contributed by atoms with Crippen LogP contribution in [0.5, 0.6) is 0 Å². The molecule has 0 saturated carbocycles. The van der Waals surface area contributed by atoms with E-state index in [0.29, 0.717) is 39.4 Å². The number of hydrogen-bond donors (Lipinski definition) is 0. The van der Waals surface area contributed by atoms with E-state index in [1.807, 2.05) is 28.9 Å². The minimum absolute atomic E-state index is 0.0210. The average Bonchev–Trinajstić information content (AvgIpc) is 3.12. The van der Waals surface area contributed by atoms with Gasteiger partial charge in [-0.3, -0.25) is 9.59 Å². The second kappa shape index (κ2) is 9.27. The van der Waals surface area contributed by atoms with Crippen LogP contribution >= 0.6 is 0 Å². The number of likely N-dealkylation sites (tertiary alicyclic amines) is 1. The third-order valence-electron chi connectivity index (χ3n) is 6.84. The first kappa shape index (κ1) is 21.6. The highest BCUT2D eigenvalue weighted by molar-refractivity contribution is 5.96. The van der Waals surface area contributed by atoms with Gasteiger partial charge in [0.2, 0.25) is 5.91 Å².